The maximum atomic E-state index is 7.17. The lowest BCUT2D eigenvalue weighted by Gasteiger charge is -2.46. The van der Waals surface area contributed by atoms with E-state index in [1.54, 1.807) is 0 Å². The standard InChI is InChI=1S/C25H51IO2Si2/c1-13-17-18-20(5)23(28-30(14-2,15-3)16-4)22(7)24(21(6)19-26)27-29(11,12)25(8,9)10/h13,17-18,20-24H,1,14-16,19H2,2-12H3/b18-17-/t20-,21-,22+,23-,24+/m0/s1. The van der Waals surface area contributed by atoms with Crippen LogP contribution in [0.2, 0.25) is 36.3 Å². The fraction of sp³-hybridized carbons (Fsp3) is 0.840. The van der Waals surface area contributed by atoms with Gasteiger partial charge in [-0.2, -0.15) is 0 Å². The first-order chi connectivity index (χ1) is 13.8. The molecule has 5 atom stereocenters. The number of allylic oxidation sites excluding steroid dienone is 2. The third kappa shape index (κ3) is 8.49. The molecule has 0 N–H and O–H groups in total. The van der Waals surface area contributed by atoms with Gasteiger partial charge in [0.1, 0.15) is 0 Å². The molecule has 0 heterocycles. The van der Waals surface area contributed by atoms with Crippen LogP contribution in [-0.4, -0.2) is 33.3 Å². The van der Waals surface area contributed by atoms with Gasteiger partial charge in [-0.05, 0) is 48.1 Å². The van der Waals surface area contributed by atoms with Crippen LogP contribution in [0.1, 0.15) is 62.3 Å². The van der Waals surface area contributed by atoms with Gasteiger partial charge in [-0.25, -0.2) is 0 Å². The average Bonchev–Trinajstić information content (AvgIpc) is 2.69. The molecule has 0 saturated carbocycles. The molecule has 178 valence electrons. The van der Waals surface area contributed by atoms with Crippen LogP contribution in [0.4, 0.5) is 0 Å². The predicted molar refractivity (Wildman–Crippen MR) is 150 cm³/mol. The van der Waals surface area contributed by atoms with Crippen molar-refractivity contribution in [3.63, 3.8) is 0 Å². The first-order valence-corrected chi connectivity index (χ1v) is 18.9. The zero-order chi connectivity index (χ0) is 23.8. The van der Waals surface area contributed by atoms with Gasteiger partial charge in [-0.3, -0.25) is 0 Å². The average molecular weight is 567 g/mol. The number of rotatable bonds is 14. The van der Waals surface area contributed by atoms with E-state index in [9.17, 15) is 0 Å². The van der Waals surface area contributed by atoms with E-state index >= 15 is 0 Å². The van der Waals surface area contributed by atoms with Crippen LogP contribution in [0.3, 0.4) is 0 Å². The third-order valence-corrected chi connectivity index (χ3v) is 18.0. The lowest BCUT2D eigenvalue weighted by Crippen LogP contribution is -2.52. The Balaban J connectivity index is 6.16. The summed E-state index contributed by atoms with van der Waals surface area (Å²) in [4.78, 5) is 0. The molecule has 0 aliphatic rings. The number of hydrogen-bond donors (Lipinski definition) is 0. The second kappa shape index (κ2) is 13.3. The highest BCUT2D eigenvalue weighted by Gasteiger charge is 2.44. The summed E-state index contributed by atoms with van der Waals surface area (Å²) >= 11 is 2.52. The van der Waals surface area contributed by atoms with E-state index in [-0.39, 0.29) is 17.2 Å². The largest absolute Gasteiger partial charge is 0.413 e. The lowest BCUT2D eigenvalue weighted by molar-refractivity contribution is -0.00114. The van der Waals surface area contributed by atoms with Gasteiger partial charge in [-0.1, -0.05) is 110 Å². The molecule has 0 aliphatic heterocycles. The van der Waals surface area contributed by atoms with Gasteiger partial charge >= 0.3 is 0 Å². The van der Waals surface area contributed by atoms with E-state index in [1.165, 1.54) is 18.1 Å². The number of alkyl halides is 1. The predicted octanol–water partition coefficient (Wildman–Crippen LogP) is 8.85. The Morgan fingerprint density at radius 3 is 1.80 bits per heavy atom. The summed E-state index contributed by atoms with van der Waals surface area (Å²) < 4.78 is 15.4. The molecule has 2 nitrogen and oxygen atoms in total. The molecule has 30 heavy (non-hydrogen) atoms. The van der Waals surface area contributed by atoms with Crippen molar-refractivity contribution in [2.75, 3.05) is 4.43 Å². The lowest BCUT2D eigenvalue weighted by atomic mass is 9.85. The van der Waals surface area contributed by atoms with E-state index < -0.39 is 16.6 Å². The SMILES string of the molecule is C=C/C=C\[C@H](C)[C@H](O[Si](CC)(CC)CC)[C@@H](C)[C@H](O[Si](C)(C)C(C)(C)C)[C@@H](C)CI. The first-order valence-electron chi connectivity index (χ1n) is 12.0. The number of halogens is 1. The summed E-state index contributed by atoms with van der Waals surface area (Å²) in [7, 11) is -3.62. The van der Waals surface area contributed by atoms with Crippen LogP contribution < -0.4 is 0 Å². The van der Waals surface area contributed by atoms with Gasteiger partial charge in [0.25, 0.3) is 0 Å². The summed E-state index contributed by atoms with van der Waals surface area (Å²) in [6, 6.07) is 3.53. The number of hydrogen-bond acceptors (Lipinski definition) is 2. The molecule has 5 heteroatoms. The van der Waals surface area contributed by atoms with Crippen LogP contribution in [0.5, 0.6) is 0 Å². The van der Waals surface area contributed by atoms with Crippen LogP contribution in [0, 0.1) is 17.8 Å². The van der Waals surface area contributed by atoms with Crippen molar-refractivity contribution in [2.45, 2.75) is 111 Å². The van der Waals surface area contributed by atoms with Gasteiger partial charge in [0, 0.05) is 10.3 Å². The smallest absolute Gasteiger partial charge is 0.192 e. The van der Waals surface area contributed by atoms with Crippen LogP contribution in [0.15, 0.2) is 24.8 Å². The molecule has 0 amide bonds. The maximum absolute atomic E-state index is 7.17. The van der Waals surface area contributed by atoms with E-state index in [4.69, 9.17) is 8.85 Å². The van der Waals surface area contributed by atoms with Crippen LogP contribution in [0.25, 0.3) is 0 Å². The summed E-state index contributed by atoms with van der Waals surface area (Å²) in [5.74, 6) is 1.17. The Morgan fingerprint density at radius 1 is 0.933 bits per heavy atom. The van der Waals surface area contributed by atoms with E-state index in [2.05, 4.69) is 117 Å². The van der Waals surface area contributed by atoms with Crippen molar-refractivity contribution in [1.29, 1.82) is 0 Å². The normalized spacial score (nSPS) is 18.8. The molecule has 0 unspecified atom stereocenters. The Kier molecular flexibility index (Phi) is 13.6. The highest BCUT2D eigenvalue weighted by atomic mass is 127. The van der Waals surface area contributed by atoms with Crippen LogP contribution in [-0.2, 0) is 8.85 Å². The van der Waals surface area contributed by atoms with Gasteiger partial charge in [0.15, 0.2) is 16.6 Å². The van der Waals surface area contributed by atoms with Crippen molar-refractivity contribution in [3.05, 3.63) is 24.8 Å². The zero-order valence-electron chi connectivity index (χ0n) is 21.8. The molecule has 0 fully saturated rings. The van der Waals surface area contributed by atoms with Gasteiger partial charge in [0.05, 0.1) is 12.2 Å². The molecule has 0 bridgehead atoms. The van der Waals surface area contributed by atoms with Gasteiger partial charge in [-0.15, -0.1) is 0 Å². The molecule has 0 saturated heterocycles. The molecule has 0 aromatic heterocycles. The minimum Gasteiger partial charge on any atom is -0.413 e. The highest BCUT2D eigenvalue weighted by Crippen LogP contribution is 2.41. The first kappa shape index (κ1) is 30.6. The Bertz CT molecular complexity index is 515. The second-order valence-electron chi connectivity index (χ2n) is 10.6. The Labute approximate surface area is 205 Å². The Hall–Kier alpha value is 0.564. The summed E-state index contributed by atoms with van der Waals surface area (Å²) in [5.41, 5.74) is 0. The van der Waals surface area contributed by atoms with Crippen molar-refractivity contribution >= 4 is 39.2 Å². The minimum atomic E-state index is -1.88. The zero-order valence-corrected chi connectivity index (χ0v) is 26.0. The fourth-order valence-corrected chi connectivity index (χ4v) is 8.87. The fourth-order valence-electron chi connectivity index (χ4n) is 3.88. The van der Waals surface area contributed by atoms with Gasteiger partial charge < -0.3 is 8.85 Å². The summed E-state index contributed by atoms with van der Waals surface area (Å²) in [6.45, 7) is 29.6. The molecule has 0 aromatic rings. The molecule has 0 radical (unpaired) electrons. The van der Waals surface area contributed by atoms with Crippen LogP contribution >= 0.6 is 22.6 Å². The maximum Gasteiger partial charge on any atom is 0.192 e. The Morgan fingerprint density at radius 2 is 1.43 bits per heavy atom. The molecular weight excluding hydrogens is 515 g/mol. The third-order valence-electron chi connectivity index (χ3n) is 7.47. The molecule has 0 rings (SSSR count). The topological polar surface area (TPSA) is 18.5 Å². The van der Waals surface area contributed by atoms with Crippen molar-refractivity contribution in [2.24, 2.45) is 17.8 Å². The van der Waals surface area contributed by atoms with Gasteiger partial charge in [0.2, 0.25) is 0 Å². The molecular formula is C25H51IO2Si2. The monoisotopic (exact) mass is 566 g/mol. The van der Waals surface area contributed by atoms with Crippen molar-refractivity contribution < 1.29 is 8.85 Å². The quantitative estimate of drug-likeness (QED) is 0.0905. The van der Waals surface area contributed by atoms with Crippen molar-refractivity contribution in [1.82, 2.24) is 0 Å². The second-order valence-corrected chi connectivity index (χ2v) is 21.0. The molecule has 0 aromatic carbocycles. The van der Waals surface area contributed by atoms with E-state index in [0.717, 1.165) is 4.43 Å². The molecule has 0 aliphatic carbocycles. The van der Waals surface area contributed by atoms with E-state index in [1.807, 2.05) is 6.08 Å². The van der Waals surface area contributed by atoms with Crippen molar-refractivity contribution in [3.8, 4) is 0 Å². The summed E-state index contributed by atoms with van der Waals surface area (Å²) in [6.07, 6.45) is 6.61. The minimum absolute atomic E-state index is 0.174. The van der Waals surface area contributed by atoms with E-state index in [0.29, 0.717) is 17.8 Å². The molecule has 0 spiro atoms. The highest BCUT2D eigenvalue weighted by molar-refractivity contribution is 14.1. The summed E-state index contributed by atoms with van der Waals surface area (Å²) in [5, 5.41) is 0.204.